The molecule has 134 valence electrons. The van der Waals surface area contributed by atoms with Crippen molar-refractivity contribution in [1.29, 1.82) is 0 Å². The number of ether oxygens (including phenoxy) is 1. The first kappa shape index (κ1) is 25.3. The van der Waals surface area contributed by atoms with Gasteiger partial charge in [0.25, 0.3) is 0 Å². The minimum Gasteiger partial charge on any atom is -0.448 e. The molecule has 0 aliphatic heterocycles. The van der Waals surface area contributed by atoms with Crippen molar-refractivity contribution in [2.75, 3.05) is 0 Å². The molecule has 1 fully saturated rings. The zero-order valence-electron chi connectivity index (χ0n) is 16.5. The van der Waals surface area contributed by atoms with Crippen LogP contribution in [0.4, 0.5) is 0 Å². The van der Waals surface area contributed by atoms with Crippen molar-refractivity contribution in [3.8, 4) is 16.9 Å². The van der Waals surface area contributed by atoms with E-state index >= 15 is 0 Å². The monoisotopic (exact) mass is 376 g/mol. The predicted octanol–water partition coefficient (Wildman–Crippen LogP) is 3.48. The summed E-state index contributed by atoms with van der Waals surface area (Å²) in [6.07, 6.45) is 9.00. The Labute approximate surface area is 202 Å². The van der Waals surface area contributed by atoms with Gasteiger partial charge in [0, 0.05) is 0 Å². The summed E-state index contributed by atoms with van der Waals surface area (Å²) in [6.45, 7) is 5.17. The van der Waals surface area contributed by atoms with Crippen LogP contribution in [0.3, 0.4) is 0 Å². The van der Waals surface area contributed by atoms with E-state index in [0.29, 0.717) is 11.7 Å². The number of carbonyl (C=O) groups is 1. The van der Waals surface area contributed by atoms with E-state index in [1.165, 1.54) is 38.5 Å². The molecule has 2 nitrogen and oxygen atoms in total. The topological polar surface area (TPSA) is 26.3 Å². The van der Waals surface area contributed by atoms with Gasteiger partial charge in [-0.3, -0.25) is 4.79 Å². The molecule has 26 heavy (non-hydrogen) atoms. The smallest absolute Gasteiger partial charge is 0.448 e. The van der Waals surface area contributed by atoms with Crippen molar-refractivity contribution in [1.82, 2.24) is 0 Å². The van der Waals surface area contributed by atoms with Crippen LogP contribution >= 0.6 is 0 Å². The average molecular weight is 377 g/mol. The second-order valence-electron chi connectivity index (χ2n) is 6.18. The normalized spacial score (nSPS) is 12.3. The first-order chi connectivity index (χ1) is 11.7. The fraction of sp³-hybridized carbons (Fsp3) is 0.304. The Morgan fingerprint density at radius 2 is 1.27 bits per heavy atom. The van der Waals surface area contributed by atoms with Gasteiger partial charge in [-0.15, -0.1) is 6.92 Å². The summed E-state index contributed by atoms with van der Waals surface area (Å²) in [4.78, 5) is 11.3. The second kappa shape index (κ2) is 14.4. The van der Waals surface area contributed by atoms with Gasteiger partial charge in [0.1, 0.15) is 5.75 Å². The quantitative estimate of drug-likeness (QED) is 0.355. The first-order valence-corrected chi connectivity index (χ1v) is 8.70. The van der Waals surface area contributed by atoms with Crippen LogP contribution in [0.5, 0.6) is 5.75 Å². The molecule has 0 atom stereocenters. The van der Waals surface area contributed by atoms with Crippen molar-refractivity contribution in [3.63, 3.8) is 0 Å². The largest absolute Gasteiger partial charge is 1.00 e. The number of hydrogen-bond donors (Lipinski definition) is 0. The number of carbonyl (C=O) groups excluding carboxylic acids is 1. The van der Waals surface area contributed by atoms with E-state index in [4.69, 9.17) is 4.74 Å². The van der Waals surface area contributed by atoms with Gasteiger partial charge in [-0.1, -0.05) is 93.8 Å². The third-order valence-corrected chi connectivity index (χ3v) is 4.02. The molecule has 0 saturated heterocycles. The molecule has 0 radical (unpaired) electrons. The van der Waals surface area contributed by atoms with E-state index in [0.717, 1.165) is 11.1 Å². The molecule has 2 aromatic carbocycles. The van der Waals surface area contributed by atoms with Crippen molar-refractivity contribution < 1.29 is 60.9 Å². The molecule has 0 unspecified atom stereocenters. The molecule has 1 aliphatic carbocycles. The van der Waals surface area contributed by atoms with E-state index in [-0.39, 0.29) is 58.8 Å². The van der Waals surface area contributed by atoms with Gasteiger partial charge in [0.2, 0.25) is 5.97 Å². The van der Waals surface area contributed by atoms with E-state index in [1.807, 2.05) is 42.5 Å². The summed E-state index contributed by atoms with van der Waals surface area (Å²) in [5, 5.41) is 0. The summed E-state index contributed by atoms with van der Waals surface area (Å²) in [5.41, 5.74) is 2.22. The SMILES string of the molecule is C1CCCCC1.[CH2+][C-](C)C(=O)Oc1ccc(-c2ccccc2)cc1.[CH3-].[K+]. The molecule has 3 rings (SSSR count). The van der Waals surface area contributed by atoms with Crippen molar-refractivity contribution >= 4 is 5.97 Å². The molecule has 2 aromatic rings. The van der Waals surface area contributed by atoms with Crippen LogP contribution < -0.4 is 56.1 Å². The van der Waals surface area contributed by atoms with Gasteiger partial charge in [0.05, 0.1) is 0 Å². The standard InChI is InChI=1S/C16H14O2.C6H12.CH3.K/c1-12(2)16(17)18-15-10-8-14(9-11-15)13-6-4-3-5-7-13;1-2-4-6-5-3-1;;/h3-11H,1H2,2H3;1-6H2;1H3;/q;;-1;+1. The molecule has 1 aliphatic rings. The zero-order valence-corrected chi connectivity index (χ0v) is 19.6. The Balaban J connectivity index is 0.000000669. The minimum absolute atomic E-state index is 0. The first-order valence-electron chi connectivity index (χ1n) is 8.70. The van der Waals surface area contributed by atoms with Crippen LogP contribution in [0.25, 0.3) is 11.1 Å². The number of esters is 1. The predicted molar refractivity (Wildman–Crippen MR) is 106 cm³/mol. The molecule has 1 saturated carbocycles. The van der Waals surface area contributed by atoms with E-state index < -0.39 is 5.97 Å². The minimum atomic E-state index is -0.400. The summed E-state index contributed by atoms with van der Waals surface area (Å²) in [6, 6.07) is 17.4. The molecule has 0 aromatic heterocycles. The fourth-order valence-electron chi connectivity index (χ4n) is 2.60. The van der Waals surface area contributed by atoms with Crippen LogP contribution in [-0.4, -0.2) is 5.97 Å². The number of rotatable bonds is 3. The maximum absolute atomic E-state index is 11.3. The average Bonchev–Trinajstić information content (AvgIpc) is 2.65. The molecular weight excluding hydrogens is 347 g/mol. The maximum Gasteiger partial charge on any atom is 1.00 e. The van der Waals surface area contributed by atoms with Gasteiger partial charge < -0.3 is 12.2 Å². The summed E-state index contributed by atoms with van der Waals surface area (Å²) < 4.78 is 5.13. The summed E-state index contributed by atoms with van der Waals surface area (Å²) >= 11 is 0. The maximum atomic E-state index is 11.3. The Morgan fingerprint density at radius 1 is 0.846 bits per heavy atom. The molecular formula is C23H29KO2. The van der Waals surface area contributed by atoms with Crippen molar-refractivity contribution in [2.45, 2.75) is 45.4 Å². The molecule has 0 amide bonds. The summed E-state index contributed by atoms with van der Waals surface area (Å²) in [7, 11) is 0. The Morgan fingerprint density at radius 3 is 1.69 bits per heavy atom. The van der Waals surface area contributed by atoms with Gasteiger partial charge >= 0.3 is 51.4 Å². The number of benzene rings is 2. The van der Waals surface area contributed by atoms with Crippen LogP contribution in [0.2, 0.25) is 0 Å². The Bertz CT molecular complexity index is 590. The van der Waals surface area contributed by atoms with E-state index in [1.54, 1.807) is 19.1 Å². The number of hydrogen-bond acceptors (Lipinski definition) is 2. The van der Waals surface area contributed by atoms with Crippen LogP contribution in [0.15, 0.2) is 54.6 Å². The van der Waals surface area contributed by atoms with Crippen LogP contribution in [0, 0.1) is 20.3 Å². The Hall–Kier alpha value is -0.714. The Kier molecular flexibility index (Phi) is 14.0. The third-order valence-electron chi connectivity index (χ3n) is 4.02. The van der Waals surface area contributed by atoms with Gasteiger partial charge in [-0.2, -0.15) is 0 Å². The molecule has 0 bridgehead atoms. The van der Waals surface area contributed by atoms with E-state index in [9.17, 15) is 4.79 Å². The van der Waals surface area contributed by atoms with Crippen LogP contribution in [0.1, 0.15) is 45.4 Å². The molecule has 3 heteroatoms. The van der Waals surface area contributed by atoms with Crippen molar-refractivity contribution in [2.24, 2.45) is 0 Å². The van der Waals surface area contributed by atoms with E-state index in [2.05, 4.69) is 6.92 Å². The fourth-order valence-corrected chi connectivity index (χ4v) is 2.60. The second-order valence-corrected chi connectivity index (χ2v) is 6.18. The van der Waals surface area contributed by atoms with Gasteiger partial charge in [-0.25, -0.2) is 0 Å². The van der Waals surface area contributed by atoms with Crippen molar-refractivity contribution in [3.05, 3.63) is 74.9 Å². The van der Waals surface area contributed by atoms with Gasteiger partial charge in [0.15, 0.2) is 0 Å². The molecule has 0 spiro atoms. The third kappa shape index (κ3) is 9.29. The van der Waals surface area contributed by atoms with Crippen LogP contribution in [-0.2, 0) is 4.79 Å². The molecule has 0 heterocycles. The molecule has 0 N–H and O–H groups in total. The van der Waals surface area contributed by atoms with Gasteiger partial charge in [-0.05, 0) is 23.3 Å². The summed E-state index contributed by atoms with van der Waals surface area (Å²) in [5.74, 6) is 0.521. The zero-order chi connectivity index (χ0) is 17.2.